The Kier molecular flexibility index (Phi) is 7.46. The molecule has 9 heteroatoms. The van der Waals surface area contributed by atoms with Crippen molar-refractivity contribution in [2.45, 2.75) is 31.6 Å². The van der Waals surface area contributed by atoms with Gasteiger partial charge in [0.05, 0.1) is 17.2 Å². The van der Waals surface area contributed by atoms with Crippen molar-refractivity contribution in [3.63, 3.8) is 0 Å². The fourth-order valence-electron chi connectivity index (χ4n) is 3.20. The molecule has 0 spiro atoms. The Balaban J connectivity index is 1.80. The van der Waals surface area contributed by atoms with Gasteiger partial charge in [0.15, 0.2) is 0 Å². The molecule has 1 fully saturated rings. The van der Waals surface area contributed by atoms with Gasteiger partial charge < -0.3 is 19.6 Å². The summed E-state index contributed by atoms with van der Waals surface area (Å²) >= 11 is 6.10. The number of likely N-dealkylation sites (tertiary alicyclic amines) is 1. The third-order valence-electron chi connectivity index (χ3n) is 4.86. The summed E-state index contributed by atoms with van der Waals surface area (Å²) in [4.78, 5) is 25.4. The summed E-state index contributed by atoms with van der Waals surface area (Å²) in [6, 6.07) is 4.63. The van der Waals surface area contributed by atoms with Crippen molar-refractivity contribution in [2.75, 3.05) is 33.8 Å². The van der Waals surface area contributed by atoms with Gasteiger partial charge in [-0.25, -0.2) is 13.6 Å². The first-order chi connectivity index (χ1) is 13.1. The molecule has 0 radical (unpaired) electrons. The molecule has 6 nitrogen and oxygen atoms in total. The number of nitrogens with zero attached hydrogens (tertiary/aromatic N) is 2. The van der Waals surface area contributed by atoms with Gasteiger partial charge in [-0.2, -0.15) is 0 Å². The molecule has 0 unspecified atom stereocenters. The van der Waals surface area contributed by atoms with E-state index < -0.39 is 17.9 Å². The van der Waals surface area contributed by atoms with Crippen molar-refractivity contribution in [1.82, 2.24) is 9.80 Å². The number of halogens is 3. The first-order valence-corrected chi connectivity index (χ1v) is 9.49. The van der Waals surface area contributed by atoms with Crippen LogP contribution in [0, 0.1) is 5.92 Å². The van der Waals surface area contributed by atoms with Crippen LogP contribution in [0.25, 0.3) is 0 Å². The lowest BCUT2D eigenvalue weighted by molar-refractivity contribution is -0.0855. The average Bonchev–Trinajstić information content (AvgIpc) is 2.65. The molecule has 0 bridgehead atoms. The zero-order valence-corrected chi connectivity index (χ0v) is 16.7. The van der Waals surface area contributed by atoms with E-state index in [-0.39, 0.29) is 56.3 Å². The first kappa shape index (κ1) is 22.2. The minimum absolute atomic E-state index is 0.0981. The molecule has 0 aromatic heterocycles. The zero-order chi connectivity index (χ0) is 20.9. The number of benzene rings is 1. The number of carbonyl (C=O) groups excluding carboxylic acids is 1. The second-order valence-electron chi connectivity index (χ2n) is 7.10. The molecule has 2 amide bonds. The number of rotatable bonds is 7. The monoisotopic (exact) mass is 418 g/mol. The number of hydrogen-bond acceptors (Lipinski definition) is 3. The van der Waals surface area contributed by atoms with Gasteiger partial charge in [0.2, 0.25) is 0 Å². The summed E-state index contributed by atoms with van der Waals surface area (Å²) in [6.45, 7) is 0.381. The molecule has 1 heterocycles. The van der Waals surface area contributed by atoms with Crippen LogP contribution < -0.4 is 4.74 Å². The Morgan fingerprint density at radius 1 is 1.32 bits per heavy atom. The quantitative estimate of drug-likeness (QED) is 0.673. The standard InChI is InChI=1S/C19H25ClF2N2O4/c1-23(2)17(25)15-5-4-14(12-16(15)20)28-11-3-8-19(21,22)13-6-9-24(10-7-13)18(26)27/h4-5,12-13H,3,6-11H2,1-2H3,(H,26,27). The molecule has 28 heavy (non-hydrogen) atoms. The smallest absolute Gasteiger partial charge is 0.407 e. The number of hydrogen-bond donors (Lipinski definition) is 1. The molecular weight excluding hydrogens is 394 g/mol. The number of ether oxygens (including phenoxy) is 1. The molecule has 1 aromatic carbocycles. The highest BCUT2D eigenvalue weighted by atomic mass is 35.5. The van der Waals surface area contributed by atoms with Crippen molar-refractivity contribution >= 4 is 23.6 Å². The maximum absolute atomic E-state index is 14.4. The molecule has 0 saturated carbocycles. The fraction of sp³-hybridized carbons (Fsp3) is 0.579. The van der Waals surface area contributed by atoms with Crippen molar-refractivity contribution in [3.05, 3.63) is 28.8 Å². The van der Waals surface area contributed by atoms with Crippen LogP contribution in [0.4, 0.5) is 13.6 Å². The third-order valence-corrected chi connectivity index (χ3v) is 5.18. The summed E-state index contributed by atoms with van der Waals surface area (Å²) in [7, 11) is 3.24. The molecule has 0 atom stereocenters. The van der Waals surface area contributed by atoms with Crippen LogP contribution in [-0.4, -0.2) is 66.6 Å². The normalized spacial score (nSPS) is 15.4. The number of alkyl halides is 2. The highest BCUT2D eigenvalue weighted by molar-refractivity contribution is 6.34. The van der Waals surface area contributed by atoms with Gasteiger partial charge in [-0.05, 0) is 37.5 Å². The lowest BCUT2D eigenvalue weighted by Gasteiger charge is -2.34. The molecular formula is C19H25ClF2N2O4. The lowest BCUT2D eigenvalue weighted by Crippen LogP contribution is -2.42. The second-order valence-corrected chi connectivity index (χ2v) is 7.51. The van der Waals surface area contributed by atoms with Crippen molar-refractivity contribution in [2.24, 2.45) is 5.92 Å². The van der Waals surface area contributed by atoms with Crippen LogP contribution in [0.3, 0.4) is 0 Å². The van der Waals surface area contributed by atoms with Gasteiger partial charge in [-0.1, -0.05) is 11.6 Å². The van der Waals surface area contributed by atoms with Crippen LogP contribution in [0.15, 0.2) is 18.2 Å². The molecule has 2 rings (SSSR count). The van der Waals surface area contributed by atoms with E-state index in [2.05, 4.69) is 0 Å². The van der Waals surface area contributed by atoms with Gasteiger partial charge in [-0.3, -0.25) is 4.79 Å². The predicted octanol–water partition coefficient (Wildman–Crippen LogP) is 4.23. The summed E-state index contributed by atoms with van der Waals surface area (Å²) in [5.74, 6) is -3.48. The van der Waals surface area contributed by atoms with Gasteiger partial charge in [-0.15, -0.1) is 0 Å². The van der Waals surface area contributed by atoms with E-state index in [1.165, 1.54) is 15.9 Å². The third kappa shape index (κ3) is 5.70. The SMILES string of the molecule is CN(C)C(=O)c1ccc(OCCCC(F)(F)C2CCN(C(=O)O)CC2)cc1Cl. The Bertz CT molecular complexity index is 707. The molecule has 156 valence electrons. The Hall–Kier alpha value is -2.09. The topological polar surface area (TPSA) is 70.1 Å². The van der Waals surface area contributed by atoms with Crippen LogP contribution in [0.1, 0.15) is 36.0 Å². The largest absolute Gasteiger partial charge is 0.494 e. The van der Waals surface area contributed by atoms with E-state index in [0.29, 0.717) is 11.3 Å². The molecule has 1 aromatic rings. The van der Waals surface area contributed by atoms with Crippen LogP contribution in [0.2, 0.25) is 5.02 Å². The molecule has 0 aliphatic carbocycles. The highest BCUT2D eigenvalue weighted by Gasteiger charge is 2.41. The van der Waals surface area contributed by atoms with Crippen molar-refractivity contribution in [1.29, 1.82) is 0 Å². The second kappa shape index (κ2) is 9.41. The Morgan fingerprint density at radius 2 is 1.96 bits per heavy atom. The van der Waals surface area contributed by atoms with Crippen LogP contribution in [-0.2, 0) is 0 Å². The summed E-state index contributed by atoms with van der Waals surface area (Å²) < 4.78 is 34.2. The summed E-state index contributed by atoms with van der Waals surface area (Å²) in [5.41, 5.74) is 0.346. The van der Waals surface area contributed by atoms with E-state index >= 15 is 0 Å². The minimum atomic E-state index is -2.85. The fourth-order valence-corrected chi connectivity index (χ4v) is 3.45. The Morgan fingerprint density at radius 3 is 2.50 bits per heavy atom. The first-order valence-electron chi connectivity index (χ1n) is 9.11. The van der Waals surface area contributed by atoms with E-state index in [0.717, 1.165) is 0 Å². The molecule has 1 saturated heterocycles. The van der Waals surface area contributed by atoms with E-state index in [1.54, 1.807) is 26.2 Å². The molecule has 1 N–H and O–H groups in total. The number of piperidine rings is 1. The van der Waals surface area contributed by atoms with Gasteiger partial charge in [0.1, 0.15) is 5.75 Å². The minimum Gasteiger partial charge on any atom is -0.494 e. The summed E-state index contributed by atoms with van der Waals surface area (Å²) in [6.07, 6.45) is -0.904. The van der Waals surface area contributed by atoms with Gasteiger partial charge in [0, 0.05) is 39.5 Å². The van der Waals surface area contributed by atoms with E-state index in [1.807, 2.05) is 0 Å². The average molecular weight is 419 g/mol. The van der Waals surface area contributed by atoms with E-state index in [9.17, 15) is 18.4 Å². The maximum Gasteiger partial charge on any atom is 0.407 e. The van der Waals surface area contributed by atoms with Crippen molar-refractivity contribution < 1.29 is 28.2 Å². The van der Waals surface area contributed by atoms with Gasteiger partial charge >= 0.3 is 6.09 Å². The zero-order valence-electron chi connectivity index (χ0n) is 16.0. The number of amides is 2. The highest BCUT2D eigenvalue weighted by Crippen LogP contribution is 2.36. The number of carboxylic acid groups (broad SMARTS) is 1. The van der Waals surface area contributed by atoms with E-state index in [4.69, 9.17) is 21.4 Å². The number of carbonyl (C=O) groups is 2. The summed E-state index contributed by atoms with van der Waals surface area (Å²) in [5, 5.41) is 9.14. The van der Waals surface area contributed by atoms with Gasteiger partial charge in [0.25, 0.3) is 11.8 Å². The maximum atomic E-state index is 14.4. The van der Waals surface area contributed by atoms with Crippen LogP contribution in [0.5, 0.6) is 5.75 Å². The van der Waals surface area contributed by atoms with Crippen molar-refractivity contribution in [3.8, 4) is 5.75 Å². The Labute approximate surface area is 168 Å². The van der Waals surface area contributed by atoms with Crippen LogP contribution >= 0.6 is 11.6 Å². The molecule has 1 aliphatic rings. The molecule has 1 aliphatic heterocycles. The predicted molar refractivity (Wildman–Crippen MR) is 101 cm³/mol. The lowest BCUT2D eigenvalue weighted by atomic mass is 9.88.